The Labute approximate surface area is 161 Å². The number of hydrogen-bond donors (Lipinski definition) is 0. The molecule has 0 heterocycles. The van der Waals surface area contributed by atoms with Gasteiger partial charge in [-0.1, -0.05) is 31.0 Å². The summed E-state index contributed by atoms with van der Waals surface area (Å²) in [5.41, 5.74) is 4.11. The molecule has 3 heteroatoms. The molecule has 0 spiro atoms. The van der Waals surface area contributed by atoms with Crippen molar-refractivity contribution < 1.29 is 9.47 Å². The number of benzene rings is 2. The van der Waals surface area contributed by atoms with E-state index in [1.165, 1.54) is 42.4 Å². The van der Waals surface area contributed by atoms with E-state index in [4.69, 9.17) is 9.47 Å². The minimum Gasteiger partial charge on any atom is -0.497 e. The van der Waals surface area contributed by atoms with Crippen molar-refractivity contribution >= 4 is 0 Å². The second kappa shape index (κ2) is 7.64. The first-order valence-electron chi connectivity index (χ1n) is 9.95. The van der Waals surface area contributed by atoms with Crippen LogP contribution in [0.2, 0.25) is 0 Å². The van der Waals surface area contributed by atoms with Gasteiger partial charge in [-0.3, -0.25) is 0 Å². The Morgan fingerprint density at radius 2 is 1.63 bits per heavy atom. The van der Waals surface area contributed by atoms with Crippen molar-refractivity contribution in [2.45, 2.75) is 49.9 Å². The third-order valence-electron chi connectivity index (χ3n) is 6.62. The smallest absolute Gasteiger partial charge is 0.119 e. The summed E-state index contributed by atoms with van der Waals surface area (Å²) < 4.78 is 10.9. The van der Waals surface area contributed by atoms with Gasteiger partial charge in [-0.2, -0.15) is 5.26 Å². The lowest BCUT2D eigenvalue weighted by Gasteiger charge is -2.47. The summed E-state index contributed by atoms with van der Waals surface area (Å²) >= 11 is 0. The van der Waals surface area contributed by atoms with Gasteiger partial charge < -0.3 is 9.47 Å². The quantitative estimate of drug-likeness (QED) is 0.694. The van der Waals surface area contributed by atoms with Gasteiger partial charge in [0.1, 0.15) is 11.5 Å². The highest BCUT2D eigenvalue weighted by Gasteiger charge is 2.44. The van der Waals surface area contributed by atoms with Crippen LogP contribution < -0.4 is 9.47 Å². The zero-order valence-electron chi connectivity index (χ0n) is 16.2. The molecule has 2 aromatic rings. The van der Waals surface area contributed by atoms with E-state index in [1.807, 2.05) is 0 Å². The molecule has 4 unspecified atom stereocenters. The normalized spacial score (nSPS) is 26.4. The lowest BCUT2D eigenvalue weighted by Crippen LogP contribution is -2.34. The topological polar surface area (TPSA) is 42.2 Å². The Morgan fingerprint density at radius 3 is 2.33 bits per heavy atom. The fraction of sp³-hybridized carbons (Fsp3) is 0.458. The molecule has 0 N–H and O–H groups in total. The van der Waals surface area contributed by atoms with Gasteiger partial charge in [0.2, 0.25) is 0 Å². The molecule has 2 aliphatic rings. The maximum atomic E-state index is 9.59. The molecule has 27 heavy (non-hydrogen) atoms. The van der Waals surface area contributed by atoms with E-state index in [0.29, 0.717) is 24.2 Å². The molecule has 0 amide bonds. The molecule has 3 nitrogen and oxygen atoms in total. The zero-order chi connectivity index (χ0) is 18.8. The second-order valence-electron chi connectivity index (χ2n) is 7.82. The number of nitriles is 1. The first-order valence-corrected chi connectivity index (χ1v) is 9.95. The summed E-state index contributed by atoms with van der Waals surface area (Å²) in [6.45, 7) is 0. The first-order chi connectivity index (χ1) is 13.3. The van der Waals surface area contributed by atoms with E-state index >= 15 is 0 Å². The van der Waals surface area contributed by atoms with E-state index in [1.54, 1.807) is 14.2 Å². The SMILES string of the molecule is COc1ccc(C2C(CC#N)c3ccc(OC)cc3C3CCCCC32)cc1. The molecule has 1 fully saturated rings. The Morgan fingerprint density at radius 1 is 0.926 bits per heavy atom. The number of nitrogens with zero attached hydrogens (tertiary/aromatic N) is 1. The molecule has 4 atom stereocenters. The van der Waals surface area contributed by atoms with Crippen LogP contribution in [-0.2, 0) is 0 Å². The molecule has 2 aliphatic carbocycles. The monoisotopic (exact) mass is 361 g/mol. The Balaban J connectivity index is 1.84. The summed E-state index contributed by atoms with van der Waals surface area (Å²) in [5.74, 6) is 3.59. The van der Waals surface area contributed by atoms with Gasteiger partial charge >= 0.3 is 0 Å². The van der Waals surface area contributed by atoms with Crippen molar-refractivity contribution in [1.29, 1.82) is 5.26 Å². The predicted molar refractivity (Wildman–Crippen MR) is 106 cm³/mol. The lowest BCUT2D eigenvalue weighted by molar-refractivity contribution is 0.218. The molecule has 2 aromatic carbocycles. The Kier molecular flexibility index (Phi) is 5.07. The summed E-state index contributed by atoms with van der Waals surface area (Å²) in [4.78, 5) is 0. The summed E-state index contributed by atoms with van der Waals surface area (Å²) in [6.07, 6.45) is 5.60. The highest BCUT2D eigenvalue weighted by atomic mass is 16.5. The highest BCUT2D eigenvalue weighted by molar-refractivity contribution is 5.47. The van der Waals surface area contributed by atoms with Crippen LogP contribution in [-0.4, -0.2) is 14.2 Å². The molecule has 0 saturated heterocycles. The van der Waals surface area contributed by atoms with Crippen LogP contribution in [0, 0.1) is 17.2 Å². The minimum atomic E-state index is 0.239. The van der Waals surface area contributed by atoms with Crippen LogP contribution in [0.5, 0.6) is 11.5 Å². The number of rotatable bonds is 4. The van der Waals surface area contributed by atoms with Crippen molar-refractivity contribution in [3.63, 3.8) is 0 Å². The van der Waals surface area contributed by atoms with Gasteiger partial charge in [0.15, 0.2) is 0 Å². The average molecular weight is 361 g/mol. The van der Waals surface area contributed by atoms with Gasteiger partial charge in [0, 0.05) is 12.3 Å². The van der Waals surface area contributed by atoms with Gasteiger partial charge in [0.05, 0.1) is 20.3 Å². The van der Waals surface area contributed by atoms with Crippen LogP contribution in [0.15, 0.2) is 42.5 Å². The molecule has 0 aliphatic heterocycles. The van der Waals surface area contributed by atoms with E-state index in [-0.39, 0.29) is 5.92 Å². The highest BCUT2D eigenvalue weighted by Crippen LogP contribution is 2.57. The Hall–Kier alpha value is -2.47. The van der Waals surface area contributed by atoms with Crippen LogP contribution in [0.4, 0.5) is 0 Å². The predicted octanol–water partition coefficient (Wildman–Crippen LogP) is 5.77. The average Bonchev–Trinajstić information content (AvgIpc) is 2.74. The van der Waals surface area contributed by atoms with Crippen LogP contribution >= 0.6 is 0 Å². The maximum Gasteiger partial charge on any atom is 0.119 e. The molecule has 140 valence electrons. The van der Waals surface area contributed by atoms with Crippen LogP contribution in [0.25, 0.3) is 0 Å². The van der Waals surface area contributed by atoms with E-state index in [0.717, 1.165) is 11.5 Å². The van der Waals surface area contributed by atoms with E-state index in [2.05, 4.69) is 48.5 Å². The van der Waals surface area contributed by atoms with Gasteiger partial charge in [-0.25, -0.2) is 0 Å². The molecule has 0 aromatic heterocycles. The minimum absolute atomic E-state index is 0.239. The summed E-state index contributed by atoms with van der Waals surface area (Å²) in [7, 11) is 3.44. The lowest BCUT2D eigenvalue weighted by atomic mass is 9.57. The van der Waals surface area contributed by atoms with Crippen LogP contribution in [0.3, 0.4) is 0 Å². The number of methoxy groups -OCH3 is 2. The molecule has 1 saturated carbocycles. The van der Waals surface area contributed by atoms with Crippen molar-refractivity contribution in [3.8, 4) is 17.6 Å². The largest absolute Gasteiger partial charge is 0.497 e. The molecule has 4 rings (SSSR count). The summed E-state index contributed by atoms with van der Waals surface area (Å²) in [6, 6.07) is 17.5. The van der Waals surface area contributed by atoms with E-state index < -0.39 is 0 Å². The number of hydrogen-bond acceptors (Lipinski definition) is 3. The molecular formula is C24H27NO2. The van der Waals surface area contributed by atoms with Crippen molar-refractivity contribution in [1.82, 2.24) is 0 Å². The first kappa shape index (κ1) is 17.9. The fourth-order valence-electron chi connectivity index (χ4n) is 5.45. The third kappa shape index (κ3) is 3.18. The molecule has 0 radical (unpaired) electrons. The van der Waals surface area contributed by atoms with Crippen molar-refractivity contribution in [2.75, 3.05) is 14.2 Å². The third-order valence-corrected chi connectivity index (χ3v) is 6.62. The van der Waals surface area contributed by atoms with Gasteiger partial charge in [-0.15, -0.1) is 0 Å². The maximum absolute atomic E-state index is 9.59. The summed E-state index contributed by atoms with van der Waals surface area (Å²) in [5, 5.41) is 9.59. The van der Waals surface area contributed by atoms with Crippen molar-refractivity contribution in [2.24, 2.45) is 5.92 Å². The fourth-order valence-corrected chi connectivity index (χ4v) is 5.45. The second-order valence-corrected chi connectivity index (χ2v) is 7.82. The Bertz CT molecular complexity index is 836. The standard InChI is InChI=1S/C24H27NO2/c1-26-17-9-7-16(8-10-17)24-21-6-4-3-5-19(21)23-15-18(27-2)11-12-20(23)22(24)13-14-25/h7-12,15,19,21-22,24H,3-6,13H2,1-2H3. The molecule has 0 bridgehead atoms. The van der Waals surface area contributed by atoms with E-state index in [9.17, 15) is 5.26 Å². The zero-order valence-corrected chi connectivity index (χ0v) is 16.2. The number of ether oxygens (including phenoxy) is 2. The van der Waals surface area contributed by atoms with Gasteiger partial charge in [-0.05, 0) is 71.6 Å². The van der Waals surface area contributed by atoms with Crippen LogP contribution in [0.1, 0.15) is 66.5 Å². The molecular weight excluding hydrogens is 334 g/mol. The van der Waals surface area contributed by atoms with Crippen molar-refractivity contribution in [3.05, 3.63) is 59.2 Å². The van der Waals surface area contributed by atoms with Gasteiger partial charge in [0.25, 0.3) is 0 Å². The number of fused-ring (bicyclic) bond motifs is 3.